The first-order valence-electron chi connectivity index (χ1n) is 2.97. The quantitative estimate of drug-likeness (QED) is 0.492. The molecule has 0 saturated carbocycles. The molecule has 2 aromatic rings. The average molecular weight is 157 g/mol. The van der Waals surface area contributed by atoms with Gasteiger partial charge < -0.3 is 5.73 Å². The number of nitrogens with two attached hydrogens (primary N) is 1. The van der Waals surface area contributed by atoms with Gasteiger partial charge in [-0.05, 0) is 12.1 Å². The minimum atomic E-state index is 0. The zero-order chi connectivity index (χ0) is 6.97. The number of thiazole rings is 1. The summed E-state index contributed by atoms with van der Waals surface area (Å²) < 4.78 is 1.15. The van der Waals surface area contributed by atoms with Crippen LogP contribution in [0.15, 0.2) is 24.3 Å². The fourth-order valence-corrected chi connectivity index (χ4v) is 1.62. The summed E-state index contributed by atoms with van der Waals surface area (Å²) in [5, 5.41) is 0.640. The Labute approximate surface area is 80.6 Å². The van der Waals surface area contributed by atoms with E-state index in [1.807, 2.05) is 24.3 Å². The number of hydrogen-bond acceptors (Lipinski definition) is 3. The molecule has 2 rings (SSSR count). The van der Waals surface area contributed by atoms with Crippen molar-refractivity contribution in [3.63, 3.8) is 0 Å². The van der Waals surface area contributed by atoms with Gasteiger partial charge in [0.25, 0.3) is 0 Å². The zero-order valence-electron chi connectivity index (χ0n) is 6.24. The van der Waals surface area contributed by atoms with Gasteiger partial charge in [0.15, 0.2) is 5.13 Å². The topological polar surface area (TPSA) is 38.9 Å². The zero-order valence-corrected chi connectivity index (χ0v) is 7.06. The van der Waals surface area contributed by atoms with Crippen LogP contribution in [0.1, 0.15) is 0 Å². The first kappa shape index (κ1) is 8.60. The van der Waals surface area contributed by atoms with Crippen LogP contribution in [0.2, 0.25) is 0 Å². The summed E-state index contributed by atoms with van der Waals surface area (Å²) in [7, 11) is 0. The van der Waals surface area contributed by atoms with Crippen molar-refractivity contribution in [1.82, 2.24) is 4.98 Å². The van der Waals surface area contributed by atoms with Gasteiger partial charge >= 0.3 is 18.9 Å². The van der Waals surface area contributed by atoms with Crippen LogP contribution in [0.4, 0.5) is 5.13 Å². The van der Waals surface area contributed by atoms with Gasteiger partial charge in [-0.3, -0.25) is 0 Å². The Morgan fingerprint density at radius 1 is 1.27 bits per heavy atom. The molecule has 0 unspecified atom stereocenters. The second kappa shape index (κ2) is 3.27. The molecular weight excluding hydrogens is 151 g/mol. The molecule has 0 bridgehead atoms. The van der Waals surface area contributed by atoms with Gasteiger partial charge in [0, 0.05) is 0 Å². The predicted octanol–water partition coefficient (Wildman–Crippen LogP) is -1.12. The molecule has 11 heavy (non-hydrogen) atoms. The van der Waals surface area contributed by atoms with E-state index in [0.717, 1.165) is 10.2 Å². The van der Waals surface area contributed by atoms with Crippen LogP contribution >= 0.6 is 11.3 Å². The Morgan fingerprint density at radius 3 is 2.73 bits per heavy atom. The van der Waals surface area contributed by atoms with Crippen molar-refractivity contribution in [1.29, 1.82) is 0 Å². The van der Waals surface area contributed by atoms with Crippen molar-refractivity contribution >= 4 is 26.7 Å². The largest absolute Gasteiger partial charge is 1.00 e. The maximum atomic E-state index is 5.50. The molecule has 0 radical (unpaired) electrons. The third-order valence-corrected chi connectivity index (χ3v) is 2.18. The third-order valence-electron chi connectivity index (χ3n) is 1.31. The molecule has 0 aliphatic heterocycles. The van der Waals surface area contributed by atoms with E-state index in [9.17, 15) is 0 Å². The Morgan fingerprint density at radius 2 is 2.00 bits per heavy atom. The van der Waals surface area contributed by atoms with Crippen LogP contribution in [-0.4, -0.2) is 4.98 Å². The Kier molecular flexibility index (Phi) is 2.56. The minimum absolute atomic E-state index is 0. The molecule has 0 aliphatic rings. The van der Waals surface area contributed by atoms with E-state index in [0.29, 0.717) is 5.13 Å². The molecule has 1 aromatic heterocycles. The van der Waals surface area contributed by atoms with Gasteiger partial charge in [0.1, 0.15) is 0 Å². The van der Waals surface area contributed by atoms with E-state index in [1.165, 1.54) is 11.3 Å². The van der Waals surface area contributed by atoms with Crippen LogP contribution in [0.3, 0.4) is 0 Å². The Balaban J connectivity index is 0.000000605. The van der Waals surface area contributed by atoms with E-state index in [1.54, 1.807) is 0 Å². The predicted molar refractivity (Wildman–Crippen MR) is 44.0 cm³/mol. The van der Waals surface area contributed by atoms with Crippen molar-refractivity contribution in [2.24, 2.45) is 0 Å². The van der Waals surface area contributed by atoms with Crippen LogP contribution in [-0.2, 0) is 0 Å². The first-order chi connectivity index (χ1) is 4.86. The third kappa shape index (κ3) is 1.56. The van der Waals surface area contributed by atoms with Gasteiger partial charge in [0.2, 0.25) is 0 Å². The number of benzene rings is 1. The second-order valence-electron chi connectivity index (χ2n) is 2.02. The summed E-state index contributed by atoms with van der Waals surface area (Å²) in [6, 6.07) is 7.92. The molecule has 0 amide bonds. The van der Waals surface area contributed by atoms with E-state index < -0.39 is 0 Å². The van der Waals surface area contributed by atoms with Crippen molar-refractivity contribution in [3.05, 3.63) is 24.3 Å². The van der Waals surface area contributed by atoms with E-state index in [4.69, 9.17) is 5.73 Å². The number of para-hydroxylation sites is 1. The summed E-state index contributed by atoms with van der Waals surface area (Å²) in [5.41, 5.74) is 6.49. The molecule has 50 valence electrons. The molecule has 0 atom stereocenters. The molecule has 0 saturated heterocycles. The van der Waals surface area contributed by atoms with Crippen LogP contribution in [0.25, 0.3) is 10.2 Å². The first-order valence-corrected chi connectivity index (χ1v) is 3.79. The summed E-state index contributed by atoms with van der Waals surface area (Å²) in [5.74, 6) is 0. The summed E-state index contributed by atoms with van der Waals surface area (Å²) in [6.45, 7) is 0. The number of nitrogen functional groups attached to an aromatic ring is 1. The molecule has 2 nitrogen and oxygen atoms in total. The maximum absolute atomic E-state index is 5.50. The van der Waals surface area contributed by atoms with Crippen molar-refractivity contribution in [3.8, 4) is 0 Å². The molecule has 0 aliphatic carbocycles. The van der Waals surface area contributed by atoms with E-state index in [-0.39, 0.29) is 18.9 Å². The molecule has 2 N–H and O–H groups in total. The Bertz CT molecular complexity index is 325. The van der Waals surface area contributed by atoms with Gasteiger partial charge in [-0.1, -0.05) is 23.5 Å². The number of anilines is 1. The minimum Gasteiger partial charge on any atom is -0.375 e. The van der Waals surface area contributed by atoms with E-state index in [2.05, 4.69) is 4.98 Å². The fourth-order valence-electron chi connectivity index (χ4n) is 0.890. The average Bonchev–Trinajstić information content (AvgIpc) is 2.27. The number of hydrogen-bond donors (Lipinski definition) is 1. The van der Waals surface area contributed by atoms with Gasteiger partial charge in [-0.2, -0.15) is 0 Å². The van der Waals surface area contributed by atoms with Crippen LogP contribution < -0.4 is 24.6 Å². The molecular formula is C7H6LiN2S+. The van der Waals surface area contributed by atoms with Crippen molar-refractivity contribution < 1.29 is 18.9 Å². The summed E-state index contributed by atoms with van der Waals surface area (Å²) >= 11 is 1.52. The van der Waals surface area contributed by atoms with Gasteiger partial charge in [0.05, 0.1) is 10.2 Å². The van der Waals surface area contributed by atoms with Gasteiger partial charge in [-0.25, -0.2) is 4.98 Å². The smallest absolute Gasteiger partial charge is 0.375 e. The summed E-state index contributed by atoms with van der Waals surface area (Å²) in [4.78, 5) is 4.11. The molecule has 1 heterocycles. The molecule has 0 fully saturated rings. The molecule has 1 aromatic carbocycles. The molecule has 4 heteroatoms. The SMILES string of the molecule is Nc1nc2ccccc2s1.[Li+]. The number of fused-ring (bicyclic) bond motifs is 1. The fraction of sp³-hybridized carbons (Fsp3) is 0. The monoisotopic (exact) mass is 157 g/mol. The number of rotatable bonds is 0. The number of nitrogens with zero attached hydrogens (tertiary/aromatic N) is 1. The van der Waals surface area contributed by atoms with Crippen LogP contribution in [0, 0.1) is 0 Å². The van der Waals surface area contributed by atoms with Crippen molar-refractivity contribution in [2.75, 3.05) is 5.73 Å². The van der Waals surface area contributed by atoms with Gasteiger partial charge in [-0.15, -0.1) is 0 Å². The summed E-state index contributed by atoms with van der Waals surface area (Å²) in [6.07, 6.45) is 0. The van der Waals surface area contributed by atoms with Crippen molar-refractivity contribution in [2.45, 2.75) is 0 Å². The standard InChI is InChI=1S/C7H6N2S.Li/c8-7-9-5-3-1-2-4-6(5)10-7;/h1-4H,(H2,8,9);/q;+1. The number of aromatic nitrogens is 1. The maximum Gasteiger partial charge on any atom is 1.00 e. The van der Waals surface area contributed by atoms with E-state index >= 15 is 0 Å². The second-order valence-corrected chi connectivity index (χ2v) is 3.08. The normalized spacial score (nSPS) is 9.45. The Hall–Kier alpha value is -0.493. The van der Waals surface area contributed by atoms with Crippen LogP contribution in [0.5, 0.6) is 0 Å². The molecule has 0 spiro atoms.